The van der Waals surface area contributed by atoms with Crippen LogP contribution >= 0.6 is 11.3 Å². The van der Waals surface area contributed by atoms with E-state index >= 15 is 0 Å². The Hall–Kier alpha value is -3.03. The molecule has 0 saturated heterocycles. The molecule has 0 unspecified atom stereocenters. The van der Waals surface area contributed by atoms with E-state index in [1.165, 1.54) is 10.4 Å². The predicted molar refractivity (Wildman–Crippen MR) is 129 cm³/mol. The number of fused-ring (bicyclic) bond motifs is 1. The maximum absolute atomic E-state index is 13.7. The molecule has 7 heteroatoms. The molecule has 0 fully saturated rings. The second-order valence-corrected chi connectivity index (χ2v) is 9.57. The summed E-state index contributed by atoms with van der Waals surface area (Å²) in [5.74, 6) is -0.0434. The average molecular weight is 449 g/mol. The number of carbonyl (C=O) groups is 1. The molecule has 0 bridgehead atoms. The second kappa shape index (κ2) is 9.22. The number of aromatic nitrogens is 2. The van der Waals surface area contributed by atoms with Crippen LogP contribution in [0, 0.1) is 13.8 Å². The van der Waals surface area contributed by atoms with Crippen LogP contribution in [0.25, 0.3) is 21.7 Å². The molecule has 0 aliphatic heterocycles. The molecule has 0 aliphatic carbocycles. The molecule has 0 spiro atoms. The zero-order valence-corrected chi connectivity index (χ0v) is 20.0. The number of nitrogens with zero attached hydrogens (tertiary/aromatic N) is 4. The van der Waals surface area contributed by atoms with Gasteiger partial charge in [0.05, 0.1) is 27.2 Å². The number of hydrogen-bond acceptors (Lipinski definition) is 6. The van der Waals surface area contributed by atoms with Crippen molar-refractivity contribution in [1.82, 2.24) is 19.9 Å². The number of pyridine rings is 1. The summed E-state index contributed by atoms with van der Waals surface area (Å²) in [5.41, 5.74) is 4.75. The lowest BCUT2D eigenvalue weighted by atomic mass is 10.1. The monoisotopic (exact) mass is 448 g/mol. The average Bonchev–Trinajstić information content (AvgIpc) is 3.37. The molecule has 4 aromatic rings. The number of aryl methyl sites for hydroxylation is 2. The fourth-order valence-electron chi connectivity index (χ4n) is 3.79. The molecule has 32 heavy (non-hydrogen) atoms. The molecule has 0 saturated carbocycles. The number of thiophene rings is 1. The van der Waals surface area contributed by atoms with Gasteiger partial charge in [-0.1, -0.05) is 29.4 Å². The Labute approximate surface area is 192 Å². The SMILES string of the molecule is CCN(Cc1ccc(CN(C)C)cc1)C(=O)c1cc(-c2ccc(C)s2)nc2onc(C)c12. The third kappa shape index (κ3) is 4.59. The molecular weight excluding hydrogens is 420 g/mol. The van der Waals surface area contributed by atoms with Gasteiger partial charge in [-0.3, -0.25) is 4.79 Å². The highest BCUT2D eigenvalue weighted by Gasteiger charge is 2.23. The molecule has 0 atom stereocenters. The first-order valence-electron chi connectivity index (χ1n) is 10.7. The van der Waals surface area contributed by atoms with Gasteiger partial charge in [-0.05, 0) is 64.2 Å². The largest absolute Gasteiger partial charge is 0.335 e. The van der Waals surface area contributed by atoms with Gasteiger partial charge in [0.2, 0.25) is 0 Å². The molecular formula is C25H28N4O2S. The normalized spacial score (nSPS) is 11.4. The summed E-state index contributed by atoms with van der Waals surface area (Å²) < 4.78 is 5.45. The molecule has 1 amide bonds. The summed E-state index contributed by atoms with van der Waals surface area (Å²) in [6.45, 7) is 7.93. The maximum atomic E-state index is 13.7. The van der Waals surface area contributed by atoms with Crippen molar-refractivity contribution >= 4 is 28.3 Å². The number of hydrogen-bond donors (Lipinski definition) is 0. The van der Waals surface area contributed by atoms with Crippen LogP contribution in [0.15, 0.2) is 47.0 Å². The predicted octanol–water partition coefficient (Wildman–Crippen LogP) is 5.29. The van der Waals surface area contributed by atoms with Gasteiger partial charge in [0, 0.05) is 24.5 Å². The van der Waals surface area contributed by atoms with Crippen LogP contribution in [0.5, 0.6) is 0 Å². The smallest absolute Gasteiger partial charge is 0.259 e. The van der Waals surface area contributed by atoms with Crippen LogP contribution in [0.4, 0.5) is 0 Å². The molecule has 3 aromatic heterocycles. The summed E-state index contributed by atoms with van der Waals surface area (Å²) >= 11 is 1.65. The molecule has 6 nitrogen and oxygen atoms in total. The van der Waals surface area contributed by atoms with Gasteiger partial charge in [0.15, 0.2) is 0 Å². The summed E-state index contributed by atoms with van der Waals surface area (Å²) in [4.78, 5) is 24.5. The standard InChI is InChI=1S/C25H28N4O2S/c1-6-29(15-19-10-8-18(9-11-19)14-28(4)5)25(30)20-13-21(22-12-7-16(2)32-22)26-24-23(20)17(3)27-31-24/h7-13H,6,14-15H2,1-5H3. The summed E-state index contributed by atoms with van der Waals surface area (Å²) in [7, 11) is 4.11. The van der Waals surface area contributed by atoms with E-state index in [1.54, 1.807) is 11.3 Å². The van der Waals surface area contributed by atoms with Crippen LogP contribution < -0.4 is 0 Å². The van der Waals surface area contributed by atoms with Gasteiger partial charge in [-0.15, -0.1) is 11.3 Å². The van der Waals surface area contributed by atoms with E-state index in [9.17, 15) is 4.79 Å². The molecule has 1 aromatic carbocycles. The zero-order chi connectivity index (χ0) is 22.8. The first-order valence-corrected chi connectivity index (χ1v) is 11.5. The molecule has 4 rings (SSSR count). The first-order chi connectivity index (χ1) is 15.4. The number of amides is 1. The Morgan fingerprint density at radius 3 is 2.31 bits per heavy atom. The van der Waals surface area contributed by atoms with Crippen molar-refractivity contribution in [2.75, 3.05) is 20.6 Å². The molecule has 0 N–H and O–H groups in total. The van der Waals surface area contributed by atoms with Crippen molar-refractivity contribution in [2.45, 2.75) is 33.9 Å². The fraction of sp³-hybridized carbons (Fsp3) is 0.320. The Balaban J connectivity index is 1.67. The Morgan fingerprint density at radius 2 is 1.72 bits per heavy atom. The minimum absolute atomic E-state index is 0.0434. The lowest BCUT2D eigenvalue weighted by molar-refractivity contribution is 0.0754. The van der Waals surface area contributed by atoms with Gasteiger partial charge in [-0.2, -0.15) is 0 Å². The van der Waals surface area contributed by atoms with Crippen molar-refractivity contribution in [3.8, 4) is 10.6 Å². The third-order valence-electron chi connectivity index (χ3n) is 5.40. The van der Waals surface area contributed by atoms with E-state index in [-0.39, 0.29) is 5.91 Å². The van der Waals surface area contributed by atoms with Crippen LogP contribution in [0.3, 0.4) is 0 Å². The van der Waals surface area contributed by atoms with Crippen molar-refractivity contribution in [3.05, 3.63) is 69.7 Å². The fourth-order valence-corrected chi connectivity index (χ4v) is 4.62. The number of carbonyl (C=O) groups excluding carboxylic acids is 1. The van der Waals surface area contributed by atoms with Crippen molar-refractivity contribution < 1.29 is 9.32 Å². The van der Waals surface area contributed by atoms with E-state index in [1.807, 2.05) is 30.9 Å². The summed E-state index contributed by atoms with van der Waals surface area (Å²) in [6, 6.07) is 14.4. The van der Waals surface area contributed by atoms with Gasteiger partial charge in [-0.25, -0.2) is 4.98 Å². The second-order valence-electron chi connectivity index (χ2n) is 8.29. The molecule has 3 heterocycles. The van der Waals surface area contributed by atoms with E-state index in [4.69, 9.17) is 4.52 Å². The minimum Gasteiger partial charge on any atom is -0.335 e. The lowest BCUT2D eigenvalue weighted by Gasteiger charge is -2.22. The zero-order valence-electron chi connectivity index (χ0n) is 19.2. The number of rotatable bonds is 7. The molecule has 166 valence electrons. The Bertz CT molecular complexity index is 1240. The highest BCUT2D eigenvalue weighted by atomic mass is 32.1. The van der Waals surface area contributed by atoms with Crippen LogP contribution in [-0.4, -0.2) is 46.5 Å². The van der Waals surface area contributed by atoms with Crippen molar-refractivity contribution in [2.24, 2.45) is 0 Å². The van der Waals surface area contributed by atoms with Crippen molar-refractivity contribution in [1.29, 1.82) is 0 Å². The highest BCUT2D eigenvalue weighted by molar-refractivity contribution is 7.15. The van der Waals surface area contributed by atoms with Gasteiger partial charge >= 0.3 is 0 Å². The van der Waals surface area contributed by atoms with Gasteiger partial charge < -0.3 is 14.3 Å². The van der Waals surface area contributed by atoms with E-state index in [0.29, 0.717) is 35.4 Å². The number of benzene rings is 1. The minimum atomic E-state index is -0.0434. The summed E-state index contributed by atoms with van der Waals surface area (Å²) in [5, 5.41) is 4.76. The van der Waals surface area contributed by atoms with Gasteiger partial charge in [0.25, 0.3) is 11.6 Å². The Morgan fingerprint density at radius 1 is 1.03 bits per heavy atom. The quantitative estimate of drug-likeness (QED) is 0.384. The highest BCUT2D eigenvalue weighted by Crippen LogP contribution is 2.31. The lowest BCUT2D eigenvalue weighted by Crippen LogP contribution is -2.30. The third-order valence-corrected chi connectivity index (χ3v) is 6.43. The topological polar surface area (TPSA) is 62.5 Å². The van der Waals surface area contributed by atoms with E-state index < -0.39 is 0 Å². The molecule has 0 aliphatic rings. The molecule has 0 radical (unpaired) electrons. The van der Waals surface area contributed by atoms with Crippen LogP contribution in [0.2, 0.25) is 0 Å². The van der Waals surface area contributed by atoms with Gasteiger partial charge in [0.1, 0.15) is 0 Å². The maximum Gasteiger partial charge on any atom is 0.259 e. The van der Waals surface area contributed by atoms with Crippen molar-refractivity contribution in [3.63, 3.8) is 0 Å². The van der Waals surface area contributed by atoms with Crippen LogP contribution in [-0.2, 0) is 13.1 Å². The van der Waals surface area contributed by atoms with E-state index in [2.05, 4.69) is 66.4 Å². The Kier molecular flexibility index (Phi) is 6.39. The first kappa shape index (κ1) is 22.2. The van der Waals surface area contributed by atoms with Crippen LogP contribution in [0.1, 0.15) is 39.0 Å². The van der Waals surface area contributed by atoms with E-state index in [0.717, 1.165) is 22.7 Å². The summed E-state index contributed by atoms with van der Waals surface area (Å²) in [6.07, 6.45) is 0.